The average molecular weight is 364 g/mol. The summed E-state index contributed by atoms with van der Waals surface area (Å²) in [5, 5.41) is 0. The summed E-state index contributed by atoms with van der Waals surface area (Å²) in [7, 11) is 1.41. The molecule has 0 aliphatic heterocycles. The van der Waals surface area contributed by atoms with Crippen LogP contribution < -0.4 is 0 Å². The van der Waals surface area contributed by atoms with Gasteiger partial charge in [-0.3, -0.25) is 9.59 Å². The molecular weight excluding hydrogens is 332 g/mol. The van der Waals surface area contributed by atoms with Gasteiger partial charge in [0.15, 0.2) is 0 Å². The van der Waals surface area contributed by atoms with Crippen LogP contribution in [-0.2, 0) is 23.9 Å². The molecule has 7 atom stereocenters. The van der Waals surface area contributed by atoms with Gasteiger partial charge in [-0.05, 0) is 68.1 Å². The fourth-order valence-electron chi connectivity index (χ4n) is 6.57. The van der Waals surface area contributed by atoms with Crippen molar-refractivity contribution in [3.8, 4) is 0 Å². The Hall–Kier alpha value is -1.39. The highest BCUT2D eigenvalue weighted by molar-refractivity contribution is 5.79. The molecule has 0 aromatic carbocycles. The van der Waals surface area contributed by atoms with Crippen LogP contribution in [0.5, 0.6) is 0 Å². The first-order valence-electron chi connectivity index (χ1n) is 9.97. The molecule has 3 saturated carbocycles. The van der Waals surface area contributed by atoms with Gasteiger partial charge in [0, 0.05) is 12.3 Å². The second-order valence-electron chi connectivity index (χ2n) is 9.14. The maximum atomic E-state index is 12.3. The summed E-state index contributed by atoms with van der Waals surface area (Å²) >= 11 is 0. The van der Waals surface area contributed by atoms with Crippen molar-refractivity contribution in [2.24, 2.45) is 34.5 Å². The first-order chi connectivity index (χ1) is 12.3. The van der Waals surface area contributed by atoms with Crippen LogP contribution in [0.3, 0.4) is 0 Å². The standard InChI is InChI=1S/C21H32O5/c1-13(23)26-15-9-10-20(2)14(11-15)5-6-17-16(20)7-8-18(19(24)25-4)21(17,3)12-22/h12,14-18H,5-11H2,1-4H3/t14-,15-,16-,17+,18+,20-,21-/m1/s1. The van der Waals surface area contributed by atoms with Gasteiger partial charge in [0.25, 0.3) is 0 Å². The van der Waals surface area contributed by atoms with Gasteiger partial charge in [-0.15, -0.1) is 0 Å². The largest absolute Gasteiger partial charge is 0.469 e. The van der Waals surface area contributed by atoms with Crippen molar-refractivity contribution in [3.63, 3.8) is 0 Å². The zero-order valence-electron chi connectivity index (χ0n) is 16.5. The maximum absolute atomic E-state index is 12.3. The lowest BCUT2D eigenvalue weighted by molar-refractivity contribution is -0.175. The van der Waals surface area contributed by atoms with Crippen molar-refractivity contribution in [1.82, 2.24) is 0 Å². The van der Waals surface area contributed by atoms with Crippen LogP contribution in [0.4, 0.5) is 0 Å². The molecule has 0 bridgehead atoms. The number of fused-ring (bicyclic) bond motifs is 3. The third-order valence-electron chi connectivity index (χ3n) is 8.03. The highest BCUT2D eigenvalue weighted by Gasteiger charge is 2.60. The monoisotopic (exact) mass is 364 g/mol. The second-order valence-corrected chi connectivity index (χ2v) is 9.14. The lowest BCUT2D eigenvalue weighted by atomic mass is 9.44. The molecule has 5 nitrogen and oxygen atoms in total. The molecule has 0 saturated heterocycles. The first kappa shape index (κ1) is 19.4. The van der Waals surface area contributed by atoms with Gasteiger partial charge in [-0.25, -0.2) is 0 Å². The molecule has 0 heterocycles. The zero-order chi connectivity index (χ0) is 19.1. The summed E-state index contributed by atoms with van der Waals surface area (Å²) in [4.78, 5) is 35.8. The molecule has 0 aromatic rings. The van der Waals surface area contributed by atoms with Gasteiger partial charge >= 0.3 is 11.9 Å². The van der Waals surface area contributed by atoms with Crippen molar-refractivity contribution in [3.05, 3.63) is 0 Å². The minimum atomic E-state index is -0.642. The normalized spacial score (nSPS) is 45.0. The Balaban J connectivity index is 1.83. The van der Waals surface area contributed by atoms with Crippen LogP contribution in [0.25, 0.3) is 0 Å². The molecule has 0 aromatic heterocycles. The van der Waals surface area contributed by atoms with Crippen molar-refractivity contribution < 1.29 is 23.9 Å². The molecule has 5 heteroatoms. The van der Waals surface area contributed by atoms with Gasteiger partial charge in [0.05, 0.1) is 13.0 Å². The van der Waals surface area contributed by atoms with Crippen molar-refractivity contribution in [2.75, 3.05) is 7.11 Å². The van der Waals surface area contributed by atoms with E-state index in [-0.39, 0.29) is 35.3 Å². The summed E-state index contributed by atoms with van der Waals surface area (Å²) in [6, 6.07) is 0. The molecule has 0 N–H and O–H groups in total. The minimum absolute atomic E-state index is 0.0333. The maximum Gasteiger partial charge on any atom is 0.309 e. The predicted molar refractivity (Wildman–Crippen MR) is 96.1 cm³/mol. The third-order valence-corrected chi connectivity index (χ3v) is 8.03. The van der Waals surface area contributed by atoms with Crippen molar-refractivity contribution in [1.29, 1.82) is 0 Å². The van der Waals surface area contributed by atoms with Gasteiger partial charge < -0.3 is 14.3 Å². The number of carbonyl (C=O) groups excluding carboxylic acids is 3. The van der Waals surface area contributed by atoms with E-state index in [4.69, 9.17) is 9.47 Å². The Morgan fingerprint density at radius 3 is 2.35 bits per heavy atom. The molecule has 0 radical (unpaired) electrons. The first-order valence-corrected chi connectivity index (χ1v) is 9.97. The summed E-state index contributed by atoms with van der Waals surface area (Å²) in [6.07, 6.45) is 7.59. The SMILES string of the molecule is COC(=O)[C@@H]1CC[C@@H]2[C@H](CC[C@@H]3C[C@H](OC(C)=O)CC[C@]32C)[C@@]1(C)C=O. The second kappa shape index (κ2) is 6.97. The quantitative estimate of drug-likeness (QED) is 0.566. The molecule has 0 spiro atoms. The van der Waals surface area contributed by atoms with Crippen molar-refractivity contribution in [2.45, 2.75) is 71.8 Å². The number of aldehydes is 1. The third kappa shape index (κ3) is 2.97. The number of carbonyl (C=O) groups is 3. The Morgan fingerprint density at radius 2 is 1.73 bits per heavy atom. The van der Waals surface area contributed by atoms with E-state index < -0.39 is 5.41 Å². The van der Waals surface area contributed by atoms with Crippen LogP contribution in [0.1, 0.15) is 65.7 Å². The Labute approximate surface area is 156 Å². The van der Waals surface area contributed by atoms with Crippen LogP contribution in [-0.4, -0.2) is 31.4 Å². The number of esters is 2. The molecule has 3 fully saturated rings. The number of rotatable bonds is 3. The lowest BCUT2D eigenvalue weighted by Crippen LogP contribution is -2.57. The van der Waals surface area contributed by atoms with E-state index in [2.05, 4.69) is 6.92 Å². The highest BCUT2D eigenvalue weighted by Crippen LogP contribution is 2.63. The molecule has 0 unspecified atom stereocenters. The minimum Gasteiger partial charge on any atom is -0.469 e. The number of hydrogen-bond donors (Lipinski definition) is 0. The molecule has 146 valence electrons. The molecule has 3 rings (SSSR count). The van der Waals surface area contributed by atoms with Crippen molar-refractivity contribution >= 4 is 18.2 Å². The van der Waals surface area contributed by atoms with Gasteiger partial charge in [-0.1, -0.05) is 13.8 Å². The van der Waals surface area contributed by atoms with E-state index in [9.17, 15) is 14.4 Å². The van der Waals surface area contributed by atoms with Crippen LogP contribution >= 0.6 is 0 Å². The molecule has 3 aliphatic rings. The average Bonchev–Trinajstić information content (AvgIpc) is 2.61. The van der Waals surface area contributed by atoms with Gasteiger partial charge in [-0.2, -0.15) is 0 Å². The molecular formula is C21H32O5. The summed E-state index contributed by atoms with van der Waals surface area (Å²) < 4.78 is 10.5. The predicted octanol–water partition coefficient (Wildman–Crippen LogP) is 3.54. The summed E-state index contributed by atoms with van der Waals surface area (Å²) in [5.74, 6) is 0.416. The van der Waals surface area contributed by atoms with E-state index in [0.29, 0.717) is 11.8 Å². The van der Waals surface area contributed by atoms with E-state index in [1.807, 2.05) is 6.92 Å². The molecule has 0 amide bonds. The summed E-state index contributed by atoms with van der Waals surface area (Å²) in [6.45, 7) is 5.81. The van der Waals surface area contributed by atoms with Crippen LogP contribution in [0.15, 0.2) is 0 Å². The Kier molecular flexibility index (Phi) is 5.19. The smallest absolute Gasteiger partial charge is 0.309 e. The Morgan fingerprint density at radius 1 is 1.04 bits per heavy atom. The van der Waals surface area contributed by atoms with E-state index in [1.54, 1.807) is 0 Å². The van der Waals surface area contributed by atoms with Gasteiger partial charge in [0.2, 0.25) is 0 Å². The lowest BCUT2D eigenvalue weighted by Gasteiger charge is -2.60. The Bertz CT molecular complexity index is 587. The van der Waals surface area contributed by atoms with Crippen LogP contribution in [0.2, 0.25) is 0 Å². The number of methoxy groups -OCH3 is 1. The van der Waals surface area contributed by atoms with E-state index in [1.165, 1.54) is 14.0 Å². The summed E-state index contributed by atoms with van der Waals surface area (Å²) in [5.41, 5.74) is -0.484. The number of hydrogen-bond acceptors (Lipinski definition) is 5. The fourth-order valence-corrected chi connectivity index (χ4v) is 6.57. The molecule has 3 aliphatic carbocycles. The zero-order valence-corrected chi connectivity index (χ0v) is 16.5. The van der Waals surface area contributed by atoms with Crippen LogP contribution in [0, 0.1) is 34.5 Å². The number of ether oxygens (including phenoxy) is 2. The highest BCUT2D eigenvalue weighted by atomic mass is 16.5. The topological polar surface area (TPSA) is 69.7 Å². The molecule has 26 heavy (non-hydrogen) atoms. The van der Waals surface area contributed by atoms with E-state index in [0.717, 1.165) is 51.2 Å². The fraction of sp³-hybridized carbons (Fsp3) is 0.857. The van der Waals surface area contributed by atoms with Gasteiger partial charge in [0.1, 0.15) is 12.4 Å². The van der Waals surface area contributed by atoms with E-state index >= 15 is 0 Å².